The zero-order valence-corrected chi connectivity index (χ0v) is 15.6. The highest BCUT2D eigenvalue weighted by Gasteiger charge is 2.26. The van der Waals surface area contributed by atoms with Crippen LogP contribution in [-0.4, -0.2) is 23.2 Å². The maximum absolute atomic E-state index is 12.8. The first-order valence-electron chi connectivity index (χ1n) is 9.36. The quantitative estimate of drug-likeness (QED) is 0.361. The minimum absolute atomic E-state index is 0.0254. The van der Waals surface area contributed by atoms with Gasteiger partial charge in [-0.2, -0.15) is 0 Å². The van der Waals surface area contributed by atoms with Crippen molar-refractivity contribution in [3.63, 3.8) is 0 Å². The molecule has 0 aliphatic carbocycles. The van der Waals surface area contributed by atoms with Gasteiger partial charge in [-0.25, -0.2) is 0 Å². The zero-order chi connectivity index (χ0) is 19.6. The Morgan fingerprint density at radius 3 is 2.54 bits per heavy atom. The Balaban J connectivity index is 1.52. The highest BCUT2D eigenvalue weighted by Crippen LogP contribution is 2.25. The van der Waals surface area contributed by atoms with Crippen molar-refractivity contribution in [3.8, 4) is 0 Å². The number of Topliss-reactive ketones (excluding diaryl/α,β-unsaturated/α-hetero) is 2. The second kappa shape index (κ2) is 10.3. The minimum atomic E-state index is -0.598. The molecule has 0 aliphatic rings. The molecule has 0 bridgehead atoms. The van der Waals surface area contributed by atoms with E-state index in [1.165, 1.54) is 6.26 Å². The van der Waals surface area contributed by atoms with E-state index < -0.39 is 5.92 Å². The molecule has 5 nitrogen and oxygen atoms in total. The average molecular weight is 377 g/mol. The Morgan fingerprint density at radius 1 is 1.00 bits per heavy atom. The highest BCUT2D eigenvalue weighted by molar-refractivity contribution is 5.98. The number of carbonyl (C=O) groups excluding carboxylic acids is 2. The molecule has 3 rings (SSSR count). The van der Waals surface area contributed by atoms with E-state index in [1.807, 2.05) is 30.3 Å². The summed E-state index contributed by atoms with van der Waals surface area (Å²) >= 11 is 0. The summed E-state index contributed by atoms with van der Waals surface area (Å²) in [5.74, 6) is -0.281. The van der Waals surface area contributed by atoms with Gasteiger partial charge in [0, 0.05) is 25.6 Å². The number of furan rings is 1. The number of nitrogens with zero attached hydrogens (tertiary/aromatic N) is 1. The number of ether oxygens (including phenoxy) is 1. The third-order valence-corrected chi connectivity index (χ3v) is 4.44. The summed E-state index contributed by atoms with van der Waals surface area (Å²) < 4.78 is 11.1. The molecule has 0 fully saturated rings. The van der Waals surface area contributed by atoms with E-state index in [-0.39, 0.29) is 18.0 Å². The van der Waals surface area contributed by atoms with Crippen LogP contribution in [0.3, 0.4) is 0 Å². The fourth-order valence-electron chi connectivity index (χ4n) is 2.97. The number of aromatic nitrogens is 1. The summed E-state index contributed by atoms with van der Waals surface area (Å²) in [4.78, 5) is 29.3. The predicted molar refractivity (Wildman–Crippen MR) is 105 cm³/mol. The van der Waals surface area contributed by atoms with Crippen LogP contribution >= 0.6 is 0 Å². The van der Waals surface area contributed by atoms with Gasteiger partial charge in [0.2, 0.25) is 0 Å². The lowest BCUT2D eigenvalue weighted by molar-refractivity contribution is -0.121. The highest BCUT2D eigenvalue weighted by atomic mass is 16.5. The van der Waals surface area contributed by atoms with Crippen molar-refractivity contribution in [2.24, 2.45) is 0 Å². The minimum Gasteiger partial charge on any atom is -0.469 e. The van der Waals surface area contributed by atoms with Gasteiger partial charge in [-0.3, -0.25) is 14.6 Å². The number of hydrogen-bond donors (Lipinski definition) is 0. The molecular formula is C23H23NO4. The lowest BCUT2D eigenvalue weighted by Crippen LogP contribution is -2.17. The van der Waals surface area contributed by atoms with Crippen LogP contribution < -0.4 is 0 Å². The predicted octanol–water partition coefficient (Wildman–Crippen LogP) is 4.60. The molecule has 0 saturated heterocycles. The lowest BCUT2D eigenvalue weighted by atomic mass is 9.91. The fourth-order valence-corrected chi connectivity index (χ4v) is 2.97. The molecule has 5 heteroatoms. The van der Waals surface area contributed by atoms with Crippen LogP contribution in [-0.2, 0) is 16.1 Å². The zero-order valence-electron chi connectivity index (χ0n) is 15.6. The van der Waals surface area contributed by atoms with E-state index in [2.05, 4.69) is 4.98 Å². The van der Waals surface area contributed by atoms with Gasteiger partial charge in [0.1, 0.15) is 17.2 Å². The van der Waals surface area contributed by atoms with Gasteiger partial charge < -0.3 is 9.15 Å². The first kappa shape index (κ1) is 19.7. The van der Waals surface area contributed by atoms with Gasteiger partial charge in [-0.05, 0) is 36.2 Å². The van der Waals surface area contributed by atoms with Gasteiger partial charge in [0.15, 0.2) is 5.78 Å². The molecule has 0 amide bonds. The largest absolute Gasteiger partial charge is 0.469 e. The van der Waals surface area contributed by atoms with E-state index in [1.54, 1.807) is 36.5 Å². The summed E-state index contributed by atoms with van der Waals surface area (Å²) in [5.41, 5.74) is 1.46. The normalized spacial score (nSPS) is 11.9. The third kappa shape index (κ3) is 5.72. The Hall–Kier alpha value is -3.05. The maximum Gasteiger partial charge on any atom is 0.182 e. The Kier molecular flexibility index (Phi) is 7.27. The van der Waals surface area contributed by atoms with Crippen molar-refractivity contribution in [2.75, 3.05) is 6.61 Å². The van der Waals surface area contributed by atoms with Crippen LogP contribution in [0.25, 0.3) is 0 Å². The van der Waals surface area contributed by atoms with E-state index in [4.69, 9.17) is 9.15 Å². The molecule has 1 atom stereocenters. The first-order chi connectivity index (χ1) is 13.7. The molecule has 2 heterocycles. The van der Waals surface area contributed by atoms with Crippen molar-refractivity contribution >= 4 is 11.6 Å². The number of carbonyl (C=O) groups is 2. The van der Waals surface area contributed by atoms with Crippen LogP contribution in [0.5, 0.6) is 0 Å². The van der Waals surface area contributed by atoms with Gasteiger partial charge >= 0.3 is 0 Å². The van der Waals surface area contributed by atoms with Crippen molar-refractivity contribution in [1.29, 1.82) is 0 Å². The van der Waals surface area contributed by atoms with Crippen molar-refractivity contribution in [1.82, 2.24) is 4.98 Å². The number of hydrogen-bond acceptors (Lipinski definition) is 5. The molecule has 144 valence electrons. The molecule has 1 aromatic carbocycles. The monoisotopic (exact) mass is 377 g/mol. The van der Waals surface area contributed by atoms with Gasteiger partial charge in [-0.1, -0.05) is 36.4 Å². The number of benzene rings is 1. The van der Waals surface area contributed by atoms with Gasteiger partial charge in [-0.15, -0.1) is 0 Å². The second-order valence-electron chi connectivity index (χ2n) is 6.52. The molecule has 0 spiro atoms. The molecule has 2 aromatic heterocycles. The molecule has 0 aliphatic heterocycles. The van der Waals surface area contributed by atoms with Crippen LogP contribution in [0.1, 0.15) is 47.0 Å². The molecule has 0 saturated carbocycles. The first-order valence-corrected chi connectivity index (χ1v) is 9.36. The lowest BCUT2D eigenvalue weighted by Gasteiger charge is -2.13. The molecular weight excluding hydrogens is 354 g/mol. The van der Waals surface area contributed by atoms with E-state index in [0.717, 1.165) is 5.56 Å². The van der Waals surface area contributed by atoms with Gasteiger partial charge in [0.05, 0.1) is 18.8 Å². The van der Waals surface area contributed by atoms with E-state index in [0.29, 0.717) is 37.5 Å². The Labute approximate surface area is 164 Å². The van der Waals surface area contributed by atoms with Crippen molar-refractivity contribution in [2.45, 2.75) is 31.8 Å². The molecule has 1 unspecified atom stereocenters. The summed E-state index contributed by atoms with van der Waals surface area (Å²) in [6, 6.07) is 18.5. The number of rotatable bonds is 11. The topological polar surface area (TPSA) is 69.4 Å². The van der Waals surface area contributed by atoms with E-state index >= 15 is 0 Å². The summed E-state index contributed by atoms with van der Waals surface area (Å²) in [7, 11) is 0. The standard InChI is InChI=1S/C23H23NO4/c25-21(11-6-14-27-17-18-8-2-1-3-9-18)19(23-12-7-15-28-23)16-22(26)20-10-4-5-13-24-20/h1-5,7-10,12-13,15,19H,6,11,14,16-17H2. The van der Waals surface area contributed by atoms with Crippen molar-refractivity contribution in [3.05, 3.63) is 90.1 Å². The van der Waals surface area contributed by atoms with Crippen LogP contribution in [0.2, 0.25) is 0 Å². The smallest absolute Gasteiger partial charge is 0.182 e. The van der Waals surface area contributed by atoms with Crippen LogP contribution in [0.4, 0.5) is 0 Å². The Bertz CT molecular complexity index is 860. The molecule has 3 aromatic rings. The third-order valence-electron chi connectivity index (χ3n) is 4.44. The van der Waals surface area contributed by atoms with Gasteiger partial charge in [0.25, 0.3) is 0 Å². The van der Waals surface area contributed by atoms with E-state index in [9.17, 15) is 9.59 Å². The maximum atomic E-state index is 12.8. The summed E-state index contributed by atoms with van der Waals surface area (Å²) in [5, 5.41) is 0. The molecule has 28 heavy (non-hydrogen) atoms. The molecule has 0 N–H and O–H groups in total. The number of pyridine rings is 1. The fraction of sp³-hybridized carbons (Fsp3) is 0.261. The average Bonchev–Trinajstić information content (AvgIpc) is 3.27. The number of ketones is 2. The SMILES string of the molecule is O=C(CC(C(=O)CCCOCc1ccccc1)c1ccco1)c1ccccn1. The van der Waals surface area contributed by atoms with Crippen LogP contribution in [0, 0.1) is 0 Å². The Morgan fingerprint density at radius 2 is 1.82 bits per heavy atom. The van der Waals surface area contributed by atoms with Crippen LogP contribution in [0.15, 0.2) is 77.5 Å². The molecule has 0 radical (unpaired) electrons. The second-order valence-corrected chi connectivity index (χ2v) is 6.52. The summed E-state index contributed by atoms with van der Waals surface area (Å²) in [6.45, 7) is 1.01. The van der Waals surface area contributed by atoms with Crippen molar-refractivity contribution < 1.29 is 18.7 Å². The summed E-state index contributed by atoms with van der Waals surface area (Å²) in [6.07, 6.45) is 4.06.